The lowest BCUT2D eigenvalue weighted by atomic mass is 9.91. The van der Waals surface area contributed by atoms with Gasteiger partial charge in [-0.1, -0.05) is 237 Å². The fourth-order valence-corrected chi connectivity index (χ4v) is 9.96. The number of hydrogen-bond acceptors (Lipinski definition) is 1. The first kappa shape index (κ1) is 41.4. The summed E-state index contributed by atoms with van der Waals surface area (Å²) < 4.78 is 0. The van der Waals surface area contributed by atoms with Crippen LogP contribution in [-0.2, 0) is 0 Å². The molecule has 0 heterocycles. The number of rotatable bonds is 10. The van der Waals surface area contributed by atoms with Crippen molar-refractivity contribution in [2.24, 2.45) is 0 Å². The van der Waals surface area contributed by atoms with E-state index in [1.807, 2.05) is 0 Å². The Morgan fingerprint density at radius 3 is 1.00 bits per heavy atom. The van der Waals surface area contributed by atoms with Gasteiger partial charge in [0.05, 0.1) is 5.69 Å². The molecule has 0 aliphatic heterocycles. The van der Waals surface area contributed by atoms with Gasteiger partial charge in [0.1, 0.15) is 0 Å². The summed E-state index contributed by atoms with van der Waals surface area (Å²) in [6.07, 6.45) is 0. The maximum absolute atomic E-state index is 2.45. The molecule has 0 aliphatic carbocycles. The van der Waals surface area contributed by atoms with Gasteiger partial charge in [-0.15, -0.1) is 0 Å². The van der Waals surface area contributed by atoms with E-state index >= 15 is 0 Å². The fourth-order valence-electron chi connectivity index (χ4n) is 9.96. The van der Waals surface area contributed by atoms with Crippen LogP contribution in [0.15, 0.2) is 285 Å². The molecule has 324 valence electrons. The third-order valence-electron chi connectivity index (χ3n) is 13.5. The van der Waals surface area contributed by atoms with E-state index < -0.39 is 0 Å². The van der Waals surface area contributed by atoms with E-state index in [0.717, 1.165) is 33.8 Å². The maximum Gasteiger partial charge on any atom is 0.0546 e. The average molecular weight is 878 g/mol. The third kappa shape index (κ3) is 8.28. The Morgan fingerprint density at radius 1 is 0.188 bits per heavy atom. The molecule has 0 saturated heterocycles. The number of fused-ring (bicyclic) bond motifs is 2. The number of hydrogen-bond donors (Lipinski definition) is 0. The molecular weight excluding hydrogens is 831 g/mol. The summed E-state index contributed by atoms with van der Waals surface area (Å²) >= 11 is 0. The molecule has 0 amide bonds. The second kappa shape index (κ2) is 18.3. The number of benzene rings is 12. The normalized spacial score (nSPS) is 11.2. The van der Waals surface area contributed by atoms with Crippen molar-refractivity contribution in [3.8, 4) is 77.9 Å². The van der Waals surface area contributed by atoms with Gasteiger partial charge in [0.2, 0.25) is 0 Å². The molecule has 69 heavy (non-hydrogen) atoms. The summed E-state index contributed by atoms with van der Waals surface area (Å²) in [6, 6.07) is 104. The molecule has 1 nitrogen and oxygen atoms in total. The largest absolute Gasteiger partial charge is 0.310 e. The Bertz CT molecular complexity index is 3660. The molecule has 1 heteroatoms. The summed E-state index contributed by atoms with van der Waals surface area (Å²) in [5.74, 6) is 0. The molecule has 0 aromatic heterocycles. The van der Waals surface area contributed by atoms with Gasteiger partial charge in [-0.05, 0) is 142 Å². The topological polar surface area (TPSA) is 3.24 Å². The monoisotopic (exact) mass is 877 g/mol. The van der Waals surface area contributed by atoms with E-state index in [0.29, 0.717) is 0 Å². The summed E-state index contributed by atoms with van der Waals surface area (Å²) in [6.45, 7) is 0. The van der Waals surface area contributed by atoms with Crippen molar-refractivity contribution in [1.82, 2.24) is 0 Å². The average Bonchev–Trinajstić information content (AvgIpc) is 3.44. The molecule has 0 spiro atoms. The zero-order valence-electron chi connectivity index (χ0n) is 38.1. The summed E-state index contributed by atoms with van der Waals surface area (Å²) in [5, 5.41) is 4.89. The van der Waals surface area contributed by atoms with E-state index in [1.54, 1.807) is 0 Å². The molecule has 0 saturated carbocycles. The molecule has 0 atom stereocenters. The highest BCUT2D eigenvalue weighted by Gasteiger charge is 2.21. The van der Waals surface area contributed by atoms with Gasteiger partial charge in [0.15, 0.2) is 0 Å². The zero-order valence-corrected chi connectivity index (χ0v) is 38.1. The van der Waals surface area contributed by atoms with E-state index in [1.165, 1.54) is 82.7 Å². The van der Waals surface area contributed by atoms with Crippen LogP contribution in [-0.4, -0.2) is 0 Å². The molecule has 0 radical (unpaired) electrons. The van der Waals surface area contributed by atoms with E-state index in [4.69, 9.17) is 0 Å². The second-order valence-electron chi connectivity index (χ2n) is 17.7. The van der Waals surface area contributed by atoms with Gasteiger partial charge in [-0.25, -0.2) is 0 Å². The minimum atomic E-state index is 1.07. The first-order valence-corrected chi connectivity index (χ1v) is 23.7. The highest BCUT2D eigenvalue weighted by molar-refractivity contribution is 6.04. The SMILES string of the molecule is c1ccc(-c2ccc(-c3ccc(N(c4ccc(-c5cc(-c6ccccc6)cc(-c6ccccc6)c5)cc4)c4cc(-c5cccc6ccccc56)ccc4-c4cccc5ccccc45)cc3)cc2)cc1. The van der Waals surface area contributed by atoms with E-state index in [2.05, 4.69) is 290 Å². The minimum absolute atomic E-state index is 1.07. The smallest absolute Gasteiger partial charge is 0.0546 e. The van der Waals surface area contributed by atoms with Crippen LogP contribution in [0.3, 0.4) is 0 Å². The van der Waals surface area contributed by atoms with Crippen molar-refractivity contribution in [3.05, 3.63) is 285 Å². The van der Waals surface area contributed by atoms with Crippen LogP contribution in [0.1, 0.15) is 0 Å². The summed E-state index contributed by atoms with van der Waals surface area (Å²) in [4.78, 5) is 2.45. The van der Waals surface area contributed by atoms with Gasteiger partial charge in [0.25, 0.3) is 0 Å². The molecular formula is C68H47N. The van der Waals surface area contributed by atoms with E-state index in [-0.39, 0.29) is 0 Å². The minimum Gasteiger partial charge on any atom is -0.310 e. The number of anilines is 3. The van der Waals surface area contributed by atoms with Gasteiger partial charge in [-0.3, -0.25) is 0 Å². The van der Waals surface area contributed by atoms with Gasteiger partial charge in [-0.2, -0.15) is 0 Å². The first-order valence-electron chi connectivity index (χ1n) is 23.7. The maximum atomic E-state index is 2.45. The molecule has 0 unspecified atom stereocenters. The zero-order chi connectivity index (χ0) is 45.9. The molecule has 0 aliphatic rings. The molecule has 0 fully saturated rings. The van der Waals surface area contributed by atoms with E-state index in [9.17, 15) is 0 Å². The van der Waals surface area contributed by atoms with Crippen LogP contribution in [0.4, 0.5) is 17.1 Å². The summed E-state index contributed by atoms with van der Waals surface area (Å²) in [5.41, 5.74) is 19.8. The van der Waals surface area contributed by atoms with Crippen molar-refractivity contribution in [3.63, 3.8) is 0 Å². The van der Waals surface area contributed by atoms with Crippen LogP contribution >= 0.6 is 0 Å². The third-order valence-corrected chi connectivity index (χ3v) is 13.5. The molecule has 12 aromatic carbocycles. The highest BCUT2D eigenvalue weighted by Crippen LogP contribution is 2.46. The Kier molecular flexibility index (Phi) is 11.0. The fraction of sp³-hybridized carbons (Fsp3) is 0. The van der Waals surface area contributed by atoms with Crippen LogP contribution in [0, 0.1) is 0 Å². The van der Waals surface area contributed by atoms with Gasteiger partial charge in [0, 0.05) is 16.9 Å². The van der Waals surface area contributed by atoms with Crippen molar-refractivity contribution in [1.29, 1.82) is 0 Å². The lowest BCUT2D eigenvalue weighted by Gasteiger charge is -2.29. The first-order chi connectivity index (χ1) is 34.2. The standard InChI is InChI=1S/C68H47N/c1-4-16-48(17-5-1)51-30-32-52(33-31-51)53-34-39-61(40-35-53)69(62-41-36-54(37-42-62)60-45-58(49-18-6-2-7-19-49)44-59(46-60)50-20-8-3-9-21-50)68-47-57(65-28-14-24-55-22-10-12-26-63(55)65)38-43-67(68)66-29-15-25-56-23-11-13-27-64(56)66/h1-47H. The predicted octanol–water partition coefficient (Wildman–Crippen LogP) is 19.1. The van der Waals surface area contributed by atoms with Crippen molar-refractivity contribution in [2.75, 3.05) is 4.90 Å². The second-order valence-corrected chi connectivity index (χ2v) is 17.7. The van der Waals surface area contributed by atoms with Crippen LogP contribution in [0.5, 0.6) is 0 Å². The van der Waals surface area contributed by atoms with Crippen LogP contribution in [0.2, 0.25) is 0 Å². The molecule has 12 aromatic rings. The number of nitrogens with zero attached hydrogens (tertiary/aromatic N) is 1. The Balaban J connectivity index is 1.03. The van der Waals surface area contributed by atoms with Crippen molar-refractivity contribution in [2.45, 2.75) is 0 Å². The van der Waals surface area contributed by atoms with Crippen molar-refractivity contribution >= 4 is 38.6 Å². The van der Waals surface area contributed by atoms with Crippen LogP contribution in [0.25, 0.3) is 99.4 Å². The Morgan fingerprint density at radius 2 is 0.522 bits per heavy atom. The predicted molar refractivity (Wildman–Crippen MR) is 294 cm³/mol. The summed E-state index contributed by atoms with van der Waals surface area (Å²) in [7, 11) is 0. The molecule has 0 bridgehead atoms. The van der Waals surface area contributed by atoms with Crippen molar-refractivity contribution < 1.29 is 0 Å². The van der Waals surface area contributed by atoms with Crippen LogP contribution < -0.4 is 4.90 Å². The van der Waals surface area contributed by atoms with Gasteiger partial charge >= 0.3 is 0 Å². The molecule has 12 rings (SSSR count). The quantitative estimate of drug-likeness (QED) is 0.132. The van der Waals surface area contributed by atoms with Gasteiger partial charge < -0.3 is 4.90 Å². The Hall–Kier alpha value is -9.04. The Labute approximate surface area is 404 Å². The molecule has 0 N–H and O–H groups in total. The lowest BCUT2D eigenvalue weighted by Crippen LogP contribution is -2.11. The lowest BCUT2D eigenvalue weighted by molar-refractivity contribution is 1.28. The highest BCUT2D eigenvalue weighted by atomic mass is 15.1.